The van der Waals surface area contributed by atoms with Crippen molar-refractivity contribution in [1.29, 1.82) is 5.26 Å². The maximum absolute atomic E-state index is 9.00. The van der Waals surface area contributed by atoms with Crippen LogP contribution >= 0.6 is 0 Å². The number of aryl methyl sites for hydroxylation is 1. The Balaban J connectivity index is 2.02. The van der Waals surface area contributed by atoms with Gasteiger partial charge in [0.05, 0.1) is 11.3 Å². The molecule has 1 unspecified atom stereocenters. The van der Waals surface area contributed by atoms with E-state index in [1.165, 1.54) is 18.4 Å². The summed E-state index contributed by atoms with van der Waals surface area (Å²) in [6, 6.07) is 8.64. The van der Waals surface area contributed by atoms with Crippen molar-refractivity contribution < 1.29 is 0 Å². The summed E-state index contributed by atoms with van der Waals surface area (Å²) in [7, 11) is 0. The van der Waals surface area contributed by atoms with E-state index in [9.17, 15) is 0 Å². The van der Waals surface area contributed by atoms with Gasteiger partial charge in [-0.2, -0.15) is 5.26 Å². The molecule has 1 fully saturated rings. The molecule has 0 aromatic heterocycles. The first-order valence-corrected chi connectivity index (χ1v) is 5.77. The van der Waals surface area contributed by atoms with Crippen LogP contribution in [0.1, 0.15) is 24.0 Å². The molecule has 1 aromatic rings. The normalized spacial score (nSPS) is 19.4. The van der Waals surface area contributed by atoms with Crippen molar-refractivity contribution in [3.8, 4) is 6.07 Å². The number of benzene rings is 1. The Morgan fingerprint density at radius 1 is 1.56 bits per heavy atom. The number of rotatable bonds is 3. The van der Waals surface area contributed by atoms with E-state index in [1.54, 1.807) is 0 Å². The molecule has 1 atom stereocenters. The highest BCUT2D eigenvalue weighted by Crippen LogP contribution is 2.17. The minimum Gasteiger partial charge on any atom is -0.382 e. The third-order valence-electron chi connectivity index (χ3n) is 3.00. The number of nitrogens with zero attached hydrogens (tertiary/aromatic N) is 1. The van der Waals surface area contributed by atoms with Gasteiger partial charge in [-0.15, -0.1) is 0 Å². The smallest absolute Gasteiger partial charge is 0.101 e. The molecule has 84 valence electrons. The summed E-state index contributed by atoms with van der Waals surface area (Å²) >= 11 is 0. The number of nitrogens with one attached hydrogen (secondary N) is 2. The molecular weight excluding hydrogens is 198 g/mol. The molecule has 1 aliphatic heterocycles. The highest BCUT2D eigenvalue weighted by Gasteiger charge is 2.13. The Kier molecular flexibility index (Phi) is 3.43. The Hall–Kier alpha value is -1.53. The standard InChI is InChI=1S/C13H17N3/c1-10-4-5-11(8-14)13(7-10)16-9-12-3-2-6-15-12/h4-5,7,12,15-16H,2-3,6,9H2,1H3. The lowest BCUT2D eigenvalue weighted by atomic mass is 10.1. The fourth-order valence-electron chi connectivity index (χ4n) is 2.07. The van der Waals surface area contributed by atoms with E-state index in [0.717, 1.165) is 24.3 Å². The van der Waals surface area contributed by atoms with Crippen LogP contribution in [0.25, 0.3) is 0 Å². The second kappa shape index (κ2) is 5.00. The van der Waals surface area contributed by atoms with Crippen molar-refractivity contribution in [3.05, 3.63) is 29.3 Å². The van der Waals surface area contributed by atoms with Crippen LogP contribution in [0.5, 0.6) is 0 Å². The van der Waals surface area contributed by atoms with E-state index in [1.807, 2.05) is 25.1 Å². The zero-order chi connectivity index (χ0) is 11.4. The maximum atomic E-state index is 9.00. The summed E-state index contributed by atoms with van der Waals surface area (Å²) < 4.78 is 0. The van der Waals surface area contributed by atoms with Gasteiger partial charge in [0.2, 0.25) is 0 Å². The van der Waals surface area contributed by atoms with E-state index in [-0.39, 0.29) is 0 Å². The minimum atomic E-state index is 0.548. The predicted octanol–water partition coefficient (Wildman–Crippen LogP) is 2.03. The zero-order valence-electron chi connectivity index (χ0n) is 9.59. The number of hydrogen-bond acceptors (Lipinski definition) is 3. The quantitative estimate of drug-likeness (QED) is 0.811. The predicted molar refractivity (Wildman–Crippen MR) is 65.4 cm³/mol. The molecule has 0 bridgehead atoms. The summed E-state index contributed by atoms with van der Waals surface area (Å²) in [4.78, 5) is 0. The average Bonchev–Trinajstić information content (AvgIpc) is 2.79. The molecule has 2 rings (SSSR count). The molecule has 0 spiro atoms. The topological polar surface area (TPSA) is 47.9 Å². The fraction of sp³-hybridized carbons (Fsp3) is 0.462. The lowest BCUT2D eigenvalue weighted by molar-refractivity contribution is 0.633. The summed E-state index contributed by atoms with van der Waals surface area (Å²) in [5.41, 5.74) is 2.86. The number of nitriles is 1. The van der Waals surface area contributed by atoms with Crippen LogP contribution < -0.4 is 10.6 Å². The number of hydrogen-bond donors (Lipinski definition) is 2. The molecule has 16 heavy (non-hydrogen) atoms. The summed E-state index contributed by atoms with van der Waals surface area (Å²) in [6.07, 6.45) is 2.48. The monoisotopic (exact) mass is 215 g/mol. The molecule has 3 nitrogen and oxygen atoms in total. The lowest BCUT2D eigenvalue weighted by Crippen LogP contribution is -2.29. The molecule has 1 saturated heterocycles. The Labute approximate surface area is 96.5 Å². The minimum absolute atomic E-state index is 0.548. The van der Waals surface area contributed by atoms with E-state index < -0.39 is 0 Å². The van der Waals surface area contributed by atoms with E-state index in [2.05, 4.69) is 16.7 Å². The van der Waals surface area contributed by atoms with Crippen LogP contribution in [0, 0.1) is 18.3 Å². The molecule has 1 aromatic carbocycles. The van der Waals surface area contributed by atoms with E-state index in [0.29, 0.717) is 6.04 Å². The van der Waals surface area contributed by atoms with Crippen LogP contribution in [-0.2, 0) is 0 Å². The van der Waals surface area contributed by atoms with Gasteiger partial charge in [0.1, 0.15) is 6.07 Å². The summed E-state index contributed by atoms with van der Waals surface area (Å²) in [6.45, 7) is 4.06. The van der Waals surface area contributed by atoms with Crippen LogP contribution in [0.15, 0.2) is 18.2 Å². The maximum Gasteiger partial charge on any atom is 0.101 e. The van der Waals surface area contributed by atoms with Gasteiger partial charge in [0, 0.05) is 12.6 Å². The van der Waals surface area contributed by atoms with E-state index >= 15 is 0 Å². The third-order valence-corrected chi connectivity index (χ3v) is 3.00. The van der Waals surface area contributed by atoms with Gasteiger partial charge in [-0.1, -0.05) is 6.07 Å². The molecule has 0 saturated carbocycles. The van der Waals surface area contributed by atoms with Gasteiger partial charge in [0.25, 0.3) is 0 Å². The Bertz CT molecular complexity index is 400. The molecule has 0 amide bonds. The summed E-state index contributed by atoms with van der Waals surface area (Å²) in [5.74, 6) is 0. The molecule has 1 heterocycles. The highest BCUT2D eigenvalue weighted by atomic mass is 15.0. The lowest BCUT2D eigenvalue weighted by Gasteiger charge is -2.14. The van der Waals surface area contributed by atoms with Gasteiger partial charge in [-0.3, -0.25) is 0 Å². The van der Waals surface area contributed by atoms with Crippen molar-refractivity contribution in [2.45, 2.75) is 25.8 Å². The van der Waals surface area contributed by atoms with Crippen molar-refractivity contribution >= 4 is 5.69 Å². The summed E-state index contributed by atoms with van der Waals surface area (Å²) in [5, 5.41) is 15.8. The highest BCUT2D eigenvalue weighted by molar-refractivity contribution is 5.58. The SMILES string of the molecule is Cc1ccc(C#N)c(NCC2CCCN2)c1. The van der Waals surface area contributed by atoms with Crippen molar-refractivity contribution in [3.63, 3.8) is 0 Å². The molecule has 0 radical (unpaired) electrons. The third kappa shape index (κ3) is 2.53. The van der Waals surface area contributed by atoms with Gasteiger partial charge in [-0.25, -0.2) is 0 Å². The zero-order valence-corrected chi connectivity index (χ0v) is 9.59. The first-order chi connectivity index (χ1) is 7.79. The van der Waals surface area contributed by atoms with E-state index in [4.69, 9.17) is 5.26 Å². The molecule has 2 N–H and O–H groups in total. The second-order valence-corrected chi connectivity index (χ2v) is 4.34. The fourth-order valence-corrected chi connectivity index (χ4v) is 2.07. The average molecular weight is 215 g/mol. The molecule has 1 aliphatic rings. The van der Waals surface area contributed by atoms with Crippen LogP contribution in [0.4, 0.5) is 5.69 Å². The molecular formula is C13H17N3. The largest absolute Gasteiger partial charge is 0.382 e. The van der Waals surface area contributed by atoms with Crippen LogP contribution in [-0.4, -0.2) is 19.1 Å². The number of anilines is 1. The van der Waals surface area contributed by atoms with Crippen molar-refractivity contribution in [2.24, 2.45) is 0 Å². The van der Waals surface area contributed by atoms with Crippen LogP contribution in [0.2, 0.25) is 0 Å². The first-order valence-electron chi connectivity index (χ1n) is 5.77. The van der Waals surface area contributed by atoms with Gasteiger partial charge in [0.15, 0.2) is 0 Å². The van der Waals surface area contributed by atoms with Gasteiger partial charge < -0.3 is 10.6 Å². The van der Waals surface area contributed by atoms with Crippen molar-refractivity contribution in [1.82, 2.24) is 5.32 Å². The van der Waals surface area contributed by atoms with Crippen LogP contribution in [0.3, 0.4) is 0 Å². The Morgan fingerprint density at radius 2 is 2.44 bits per heavy atom. The Morgan fingerprint density at radius 3 is 3.12 bits per heavy atom. The second-order valence-electron chi connectivity index (χ2n) is 4.34. The van der Waals surface area contributed by atoms with Crippen molar-refractivity contribution in [2.75, 3.05) is 18.4 Å². The first kappa shape index (κ1) is 11.0. The van der Waals surface area contributed by atoms with Gasteiger partial charge in [-0.05, 0) is 44.0 Å². The van der Waals surface area contributed by atoms with Gasteiger partial charge >= 0.3 is 0 Å². The molecule has 0 aliphatic carbocycles. The molecule has 3 heteroatoms.